The number of rotatable bonds is 8. The minimum absolute atomic E-state index is 0.213. The lowest BCUT2D eigenvalue weighted by Crippen LogP contribution is -2.28. The summed E-state index contributed by atoms with van der Waals surface area (Å²) in [5.41, 5.74) is 4.77. The fourth-order valence-corrected chi connectivity index (χ4v) is 5.96. The molecule has 5 nitrogen and oxygen atoms in total. The Balaban J connectivity index is 1.15. The molecule has 4 heterocycles. The molecular weight excluding hydrogens is 457 g/mol. The lowest BCUT2D eigenvalue weighted by atomic mass is 9.98. The van der Waals surface area contributed by atoms with E-state index < -0.39 is 0 Å². The average Bonchev–Trinajstić information content (AvgIpc) is 3.21. The van der Waals surface area contributed by atoms with Crippen LogP contribution < -0.4 is 10.6 Å². The van der Waals surface area contributed by atoms with E-state index >= 15 is 0 Å². The van der Waals surface area contributed by atoms with E-state index in [1.54, 1.807) is 24.0 Å². The van der Waals surface area contributed by atoms with Crippen molar-refractivity contribution < 1.29 is 4.39 Å². The molecule has 184 valence electrons. The Morgan fingerprint density at radius 2 is 2.14 bits per heavy atom. The molecule has 0 spiro atoms. The number of aromatic nitrogens is 2. The number of nitrogens with zero attached hydrogens (tertiary/aromatic N) is 3. The molecule has 2 N–H and O–H groups in total. The summed E-state index contributed by atoms with van der Waals surface area (Å²) >= 11 is 1.78. The van der Waals surface area contributed by atoms with Crippen LogP contribution in [0.25, 0.3) is 10.9 Å². The zero-order valence-corrected chi connectivity index (χ0v) is 21.4. The van der Waals surface area contributed by atoms with Crippen LogP contribution in [0.1, 0.15) is 30.7 Å². The van der Waals surface area contributed by atoms with Gasteiger partial charge in [0.25, 0.3) is 0 Å². The van der Waals surface area contributed by atoms with Crippen molar-refractivity contribution >= 4 is 28.5 Å². The number of hydrogen-bond acceptors (Lipinski definition) is 6. The fraction of sp³-hybridized carbons (Fsp3) is 0.429. The van der Waals surface area contributed by atoms with E-state index in [9.17, 15) is 4.39 Å². The molecule has 1 saturated heterocycles. The largest absolute Gasteiger partial charge is 0.343 e. The Bertz CT molecular complexity index is 1230. The first-order valence-electron chi connectivity index (χ1n) is 12.6. The number of halogens is 1. The van der Waals surface area contributed by atoms with Gasteiger partial charge in [-0.2, -0.15) is 0 Å². The predicted octanol–water partition coefficient (Wildman–Crippen LogP) is 5.26. The molecule has 2 unspecified atom stereocenters. The number of aryl methyl sites for hydroxylation is 1. The van der Waals surface area contributed by atoms with Gasteiger partial charge in [0.15, 0.2) is 0 Å². The highest BCUT2D eigenvalue weighted by molar-refractivity contribution is 7.99. The molecule has 3 aromatic rings. The van der Waals surface area contributed by atoms with Crippen LogP contribution in [0.15, 0.2) is 53.7 Å². The van der Waals surface area contributed by atoms with Crippen LogP contribution in [-0.2, 0) is 19.4 Å². The highest BCUT2D eigenvalue weighted by Crippen LogP contribution is 2.32. The van der Waals surface area contributed by atoms with Crippen molar-refractivity contribution in [2.45, 2.75) is 38.1 Å². The molecule has 2 aromatic heterocycles. The second-order valence-corrected chi connectivity index (χ2v) is 10.9. The van der Waals surface area contributed by atoms with Crippen LogP contribution in [-0.4, -0.2) is 46.8 Å². The second-order valence-electron chi connectivity index (χ2n) is 9.84. The molecule has 1 aromatic carbocycles. The van der Waals surface area contributed by atoms with E-state index in [0.29, 0.717) is 17.4 Å². The number of thioether (sulfide) groups is 1. The molecule has 35 heavy (non-hydrogen) atoms. The molecule has 2 aliphatic rings. The SMILES string of the molecule is C=C1CSc2ccc(CNCC3CN(CCc4ccnc5c(F)cc(CC)cc45)CC3C)nc2N1. The number of hydrogen-bond donors (Lipinski definition) is 2. The summed E-state index contributed by atoms with van der Waals surface area (Å²) in [5, 5.41) is 7.90. The third-order valence-corrected chi connectivity index (χ3v) is 8.36. The first-order valence-corrected chi connectivity index (χ1v) is 13.5. The van der Waals surface area contributed by atoms with Crippen molar-refractivity contribution in [2.75, 3.05) is 37.2 Å². The third kappa shape index (κ3) is 5.52. The second kappa shape index (κ2) is 10.6. The van der Waals surface area contributed by atoms with Gasteiger partial charge in [-0.15, -0.1) is 11.8 Å². The van der Waals surface area contributed by atoms with E-state index in [1.807, 2.05) is 6.07 Å². The van der Waals surface area contributed by atoms with Gasteiger partial charge in [-0.05, 0) is 72.7 Å². The molecule has 0 amide bonds. The molecule has 2 atom stereocenters. The van der Waals surface area contributed by atoms with Crippen LogP contribution in [0.5, 0.6) is 0 Å². The van der Waals surface area contributed by atoms with Gasteiger partial charge in [0.1, 0.15) is 17.2 Å². The summed E-state index contributed by atoms with van der Waals surface area (Å²) in [6.07, 6.45) is 3.48. The third-order valence-electron chi connectivity index (χ3n) is 7.22. The Hall–Kier alpha value is -2.48. The van der Waals surface area contributed by atoms with Gasteiger partial charge in [0.05, 0.1) is 10.6 Å². The molecular formula is C28H34FN5S. The molecule has 0 radical (unpaired) electrons. The zero-order valence-electron chi connectivity index (χ0n) is 20.6. The minimum Gasteiger partial charge on any atom is -0.343 e. The summed E-state index contributed by atoms with van der Waals surface area (Å²) in [7, 11) is 0. The van der Waals surface area contributed by atoms with Crippen molar-refractivity contribution in [3.05, 3.63) is 71.4 Å². The topological polar surface area (TPSA) is 53.1 Å². The van der Waals surface area contributed by atoms with Crippen LogP contribution in [0.3, 0.4) is 0 Å². The minimum atomic E-state index is -0.213. The summed E-state index contributed by atoms with van der Waals surface area (Å²) in [4.78, 5) is 12.8. The van der Waals surface area contributed by atoms with Crippen LogP contribution in [0.2, 0.25) is 0 Å². The Morgan fingerprint density at radius 1 is 1.26 bits per heavy atom. The number of anilines is 1. The van der Waals surface area contributed by atoms with E-state index in [2.05, 4.69) is 59.1 Å². The van der Waals surface area contributed by atoms with Crippen molar-refractivity contribution in [3.63, 3.8) is 0 Å². The smallest absolute Gasteiger partial charge is 0.149 e. The molecule has 5 rings (SSSR count). The molecule has 1 fully saturated rings. The van der Waals surface area contributed by atoms with Crippen molar-refractivity contribution in [1.82, 2.24) is 20.2 Å². The van der Waals surface area contributed by atoms with Crippen LogP contribution >= 0.6 is 11.8 Å². The summed E-state index contributed by atoms with van der Waals surface area (Å²) in [6, 6.07) is 10.0. The maximum Gasteiger partial charge on any atom is 0.149 e. The first kappa shape index (κ1) is 24.2. The van der Waals surface area contributed by atoms with E-state index in [0.717, 1.165) is 79.5 Å². The van der Waals surface area contributed by atoms with Gasteiger partial charge in [0, 0.05) is 49.2 Å². The van der Waals surface area contributed by atoms with Crippen molar-refractivity contribution in [3.8, 4) is 0 Å². The molecule has 0 saturated carbocycles. The van der Waals surface area contributed by atoms with Crippen LogP contribution in [0.4, 0.5) is 10.2 Å². The van der Waals surface area contributed by atoms with E-state index in [4.69, 9.17) is 4.98 Å². The quantitative estimate of drug-likeness (QED) is 0.448. The Morgan fingerprint density at radius 3 is 3.00 bits per heavy atom. The Labute approximate surface area is 211 Å². The zero-order chi connectivity index (χ0) is 24.4. The lowest BCUT2D eigenvalue weighted by Gasteiger charge is -2.20. The molecule has 7 heteroatoms. The van der Waals surface area contributed by atoms with Gasteiger partial charge in [-0.25, -0.2) is 9.37 Å². The van der Waals surface area contributed by atoms with Crippen LogP contribution in [0, 0.1) is 17.7 Å². The molecule has 0 aliphatic carbocycles. The highest BCUT2D eigenvalue weighted by Gasteiger charge is 2.29. The fourth-order valence-electron chi connectivity index (χ4n) is 5.16. The number of pyridine rings is 2. The summed E-state index contributed by atoms with van der Waals surface area (Å²) in [5.74, 6) is 2.87. The van der Waals surface area contributed by atoms with Gasteiger partial charge >= 0.3 is 0 Å². The highest BCUT2D eigenvalue weighted by atomic mass is 32.2. The maximum absolute atomic E-state index is 14.5. The van der Waals surface area contributed by atoms with E-state index in [-0.39, 0.29) is 5.82 Å². The van der Waals surface area contributed by atoms with E-state index in [1.165, 1.54) is 10.5 Å². The van der Waals surface area contributed by atoms with Gasteiger partial charge < -0.3 is 15.5 Å². The first-order chi connectivity index (χ1) is 17.0. The molecule has 0 bridgehead atoms. The number of likely N-dealkylation sites (tertiary alicyclic amines) is 1. The predicted molar refractivity (Wildman–Crippen MR) is 143 cm³/mol. The van der Waals surface area contributed by atoms with Crippen molar-refractivity contribution in [2.24, 2.45) is 11.8 Å². The lowest BCUT2D eigenvalue weighted by molar-refractivity contribution is 0.324. The summed E-state index contributed by atoms with van der Waals surface area (Å²) < 4.78 is 14.5. The van der Waals surface area contributed by atoms with Crippen molar-refractivity contribution in [1.29, 1.82) is 0 Å². The number of benzene rings is 1. The number of fused-ring (bicyclic) bond motifs is 2. The monoisotopic (exact) mass is 491 g/mol. The summed E-state index contributed by atoms with van der Waals surface area (Å²) in [6.45, 7) is 13.3. The number of nitrogens with one attached hydrogen (secondary N) is 2. The van der Waals surface area contributed by atoms with Gasteiger partial charge in [-0.1, -0.05) is 20.4 Å². The average molecular weight is 492 g/mol. The van der Waals surface area contributed by atoms with Gasteiger partial charge in [0.2, 0.25) is 0 Å². The maximum atomic E-state index is 14.5. The van der Waals surface area contributed by atoms with Gasteiger partial charge in [-0.3, -0.25) is 4.98 Å². The normalized spacial score (nSPS) is 20.3. The molecule has 2 aliphatic heterocycles. The standard InChI is InChI=1S/C28H34FN5S/c1-4-20-11-24-21(7-9-31-27(24)25(29)12-20)8-10-34-15-18(2)22(16-34)13-30-14-23-5-6-26-28(33-23)32-19(3)17-35-26/h5-7,9,11-12,18,22,30H,3-4,8,10,13-17H2,1-2H3,(H,32,33). The Kier molecular flexibility index (Phi) is 7.37.